The molecule has 25 nitrogen and oxygen atoms in total. The van der Waals surface area contributed by atoms with Crippen LogP contribution >= 0.6 is 0 Å². The third-order valence-corrected chi connectivity index (χ3v) is 21.3. The summed E-state index contributed by atoms with van der Waals surface area (Å²) < 4.78 is 61.0. The van der Waals surface area contributed by atoms with Gasteiger partial charge in [0, 0.05) is 20.8 Å². The van der Waals surface area contributed by atoms with Crippen LogP contribution in [-0.4, -0.2) is 224 Å². The van der Waals surface area contributed by atoms with E-state index in [1.54, 1.807) is 0 Å². The lowest BCUT2D eigenvalue weighted by Gasteiger charge is -2.62. The van der Waals surface area contributed by atoms with E-state index in [0.29, 0.717) is 51.4 Å². The number of carbonyl (C=O) groups is 4. The molecule has 2 saturated carbocycles. The summed E-state index contributed by atoms with van der Waals surface area (Å²) in [6, 6.07) is -1.53. The van der Waals surface area contributed by atoms with Gasteiger partial charge < -0.3 is 104 Å². The average molecular weight is 1200 g/mol. The van der Waals surface area contributed by atoms with Gasteiger partial charge in [0.05, 0.1) is 31.3 Å². The number of carbonyl (C=O) groups excluding carboxylic acids is 3. The van der Waals surface area contributed by atoms with Crippen molar-refractivity contribution < 1.29 is 118 Å². The van der Waals surface area contributed by atoms with E-state index in [0.717, 1.165) is 32.3 Å². The van der Waals surface area contributed by atoms with E-state index >= 15 is 0 Å². The van der Waals surface area contributed by atoms with Crippen molar-refractivity contribution in [2.75, 3.05) is 26.4 Å². The summed E-state index contributed by atoms with van der Waals surface area (Å²) in [5.74, 6) is -2.30. The molecule has 84 heavy (non-hydrogen) atoms. The van der Waals surface area contributed by atoms with E-state index in [1.165, 1.54) is 12.5 Å². The second kappa shape index (κ2) is 25.8. The lowest BCUT2D eigenvalue weighted by atomic mass is 9.43. The second-order valence-electron chi connectivity index (χ2n) is 26.9. The van der Waals surface area contributed by atoms with Gasteiger partial charge in [-0.05, 0) is 111 Å². The molecule has 0 bridgehead atoms. The van der Waals surface area contributed by atoms with E-state index < -0.39 is 188 Å². The van der Waals surface area contributed by atoms with Gasteiger partial charge in [-0.2, -0.15) is 0 Å². The fraction of sp³-hybridized carbons (Fsp3) is 0.898. The highest BCUT2D eigenvalue weighted by Crippen LogP contribution is 2.73. The first-order valence-corrected chi connectivity index (χ1v) is 30.1. The number of hydrogen-bond acceptors (Lipinski definition) is 23. The van der Waals surface area contributed by atoms with Crippen LogP contribution in [0.3, 0.4) is 0 Å². The van der Waals surface area contributed by atoms with Crippen molar-refractivity contribution in [1.29, 1.82) is 0 Å². The van der Waals surface area contributed by atoms with Crippen molar-refractivity contribution in [2.24, 2.45) is 45.3 Å². The maximum absolute atomic E-state index is 14.2. The number of allylic oxidation sites excluding steroid dienone is 1. The minimum atomic E-state index is -1.98. The lowest BCUT2D eigenvalue weighted by molar-refractivity contribution is -0.392. The average Bonchev–Trinajstić information content (AvgIpc) is 1.31. The Morgan fingerprint density at radius 2 is 1.32 bits per heavy atom. The molecule has 4 heterocycles. The van der Waals surface area contributed by atoms with Crippen molar-refractivity contribution in [2.45, 2.75) is 263 Å². The zero-order valence-electron chi connectivity index (χ0n) is 50.4. The van der Waals surface area contributed by atoms with E-state index in [-0.39, 0.29) is 29.6 Å². The standard InChI is InChI=1S/C59H95NO24/c1-26(2)58(11,84-30(6)64)20-14-27(3)31-16-21-59(54(73)74)33-12-13-38-55(7,8)39(17-18-56(38,9)32(33)15-19-57(31,59)10)81-53-49(83-50-40(60-28(4)62)45(70)42(67)35(22-61)78-50)48(44(69)37(80-53)24-75-29(5)63)82-52-47(72)43(68)36(25-77-52)79-51-46(71)41(66)34(65)23-76-51/h26-27,31,34-53,61,65-72H,12-25H2,1-11H3,(H,60,62)(H,73,74)/t27-,31-,34+,35-,36+,37-,38+,39?,40-,41+,42-,43+,44+,45-,46-,47-,48+,49-,50+,51+,52+,53+,56-,57-,58?,59+/m1/s1. The van der Waals surface area contributed by atoms with Crippen LogP contribution in [0.25, 0.3) is 0 Å². The first-order chi connectivity index (χ1) is 39.3. The molecular formula is C59H95NO24. The van der Waals surface area contributed by atoms with Crippen LogP contribution in [0.15, 0.2) is 11.1 Å². The van der Waals surface area contributed by atoms with Gasteiger partial charge in [-0.1, -0.05) is 59.6 Å². The van der Waals surface area contributed by atoms with Gasteiger partial charge >= 0.3 is 17.9 Å². The molecule has 8 rings (SSSR count). The number of fused-ring (bicyclic) bond motifs is 4. The highest BCUT2D eigenvalue weighted by molar-refractivity contribution is 5.82. The molecule has 0 spiro atoms. The summed E-state index contributed by atoms with van der Waals surface area (Å²) in [6.07, 6.45) is -23.1. The maximum atomic E-state index is 14.2. The van der Waals surface area contributed by atoms with Crippen molar-refractivity contribution in [3.8, 4) is 0 Å². The molecule has 1 amide bonds. The van der Waals surface area contributed by atoms with E-state index in [2.05, 4.69) is 39.9 Å². The van der Waals surface area contributed by atoms with E-state index in [1.807, 2.05) is 20.8 Å². The second-order valence-corrected chi connectivity index (χ2v) is 26.9. The molecule has 11 N–H and O–H groups in total. The SMILES string of the molecule is CC(=O)N[C@H]1[C@H](O[C@H]2[C@H](OC3CC[C@]4(C)C5=C(CC[C@H]4C3(C)C)[C@]3(C(=O)O)CC[C@H]([C@H](C)CCC(C)(OC(C)=O)C(C)C)[C@@]3(C)CC5)O[C@H](COC(C)=O)[C@H](O)[C@@H]2O[C@@H]2OC[C@H](O[C@@H]3OC[C@H](O)[C@H](O)[C@H]3O)[C@H](O)[C@H]2O)O[C@H](CO)[C@@H](O)[C@@H]1O. The number of aliphatic hydroxyl groups is 9. The first-order valence-electron chi connectivity index (χ1n) is 30.1. The minimum absolute atomic E-state index is 0.0776. The molecule has 4 aliphatic heterocycles. The summed E-state index contributed by atoms with van der Waals surface area (Å²) in [5.41, 5.74) is -1.31. The molecule has 2 unspecified atom stereocenters. The number of esters is 2. The molecule has 0 aromatic rings. The molecular weight excluding hydrogens is 1110 g/mol. The Balaban J connectivity index is 1.10. The Hall–Kier alpha value is -3.06. The smallest absolute Gasteiger partial charge is 0.314 e. The van der Waals surface area contributed by atoms with Crippen LogP contribution in [0.1, 0.15) is 140 Å². The fourth-order valence-corrected chi connectivity index (χ4v) is 16.2. The summed E-state index contributed by atoms with van der Waals surface area (Å²) >= 11 is 0. The molecule has 26 atom stereocenters. The third-order valence-electron chi connectivity index (χ3n) is 21.3. The predicted molar refractivity (Wildman–Crippen MR) is 290 cm³/mol. The first kappa shape index (κ1) is 66.9. The number of carboxylic acids is 1. The highest BCUT2D eigenvalue weighted by Gasteiger charge is 2.69. The number of rotatable bonds is 19. The minimum Gasteiger partial charge on any atom is -0.481 e. The van der Waals surface area contributed by atoms with Crippen molar-refractivity contribution in [3.63, 3.8) is 0 Å². The van der Waals surface area contributed by atoms with Gasteiger partial charge in [0.1, 0.15) is 97.6 Å². The molecule has 0 aromatic heterocycles. The highest BCUT2D eigenvalue weighted by atomic mass is 16.8. The number of aliphatic hydroxyl groups excluding tert-OH is 9. The van der Waals surface area contributed by atoms with Gasteiger partial charge in [-0.15, -0.1) is 0 Å². The Morgan fingerprint density at radius 3 is 1.95 bits per heavy atom. The van der Waals surface area contributed by atoms with E-state index in [9.17, 15) is 70.2 Å². The van der Waals surface area contributed by atoms with Crippen molar-refractivity contribution in [1.82, 2.24) is 5.32 Å². The normalized spacial score (nSPS) is 45.1. The number of carboxylic acid groups (broad SMARTS) is 1. The molecule has 0 radical (unpaired) electrons. The lowest BCUT2D eigenvalue weighted by Crippen LogP contribution is -2.69. The number of hydrogen-bond donors (Lipinski definition) is 11. The van der Waals surface area contributed by atoms with Gasteiger partial charge in [-0.3, -0.25) is 19.2 Å². The molecule has 0 aromatic carbocycles. The van der Waals surface area contributed by atoms with E-state index in [4.69, 9.17) is 47.4 Å². The fourth-order valence-electron chi connectivity index (χ4n) is 16.2. The van der Waals surface area contributed by atoms with Gasteiger partial charge in [0.15, 0.2) is 25.2 Å². The Labute approximate surface area is 490 Å². The van der Waals surface area contributed by atoms with Crippen LogP contribution in [0, 0.1) is 45.3 Å². The Bertz CT molecular complexity index is 2380. The summed E-state index contributed by atoms with van der Waals surface area (Å²) in [5, 5.41) is 113. The largest absolute Gasteiger partial charge is 0.481 e. The van der Waals surface area contributed by atoms with Crippen LogP contribution < -0.4 is 5.32 Å². The number of ether oxygens (including phenoxy) is 10. The molecule has 8 aliphatic rings. The molecule has 4 saturated heterocycles. The molecule has 480 valence electrons. The molecule has 25 heteroatoms. The van der Waals surface area contributed by atoms with Crippen molar-refractivity contribution >= 4 is 23.8 Å². The topological polar surface area (TPSA) is 375 Å². The van der Waals surface area contributed by atoms with Crippen LogP contribution in [-0.2, 0) is 66.5 Å². The Kier molecular flexibility index (Phi) is 20.5. The number of amides is 1. The van der Waals surface area contributed by atoms with Gasteiger partial charge in [0.25, 0.3) is 0 Å². The molecule has 4 aliphatic carbocycles. The maximum Gasteiger partial charge on any atom is 0.314 e. The summed E-state index contributed by atoms with van der Waals surface area (Å²) in [6.45, 7) is 18.2. The summed E-state index contributed by atoms with van der Waals surface area (Å²) in [7, 11) is 0. The monoisotopic (exact) mass is 1200 g/mol. The quantitative estimate of drug-likeness (QED) is 0.0631. The molecule has 6 fully saturated rings. The van der Waals surface area contributed by atoms with Crippen molar-refractivity contribution in [3.05, 3.63) is 11.1 Å². The van der Waals surface area contributed by atoms with Crippen LogP contribution in [0.5, 0.6) is 0 Å². The third kappa shape index (κ3) is 12.4. The van der Waals surface area contributed by atoms with Gasteiger partial charge in [0.2, 0.25) is 5.91 Å². The Morgan fingerprint density at radius 1 is 0.679 bits per heavy atom. The summed E-state index contributed by atoms with van der Waals surface area (Å²) in [4.78, 5) is 51.4. The predicted octanol–water partition coefficient (Wildman–Crippen LogP) is 0.845. The van der Waals surface area contributed by atoms with Gasteiger partial charge in [-0.25, -0.2) is 0 Å². The zero-order chi connectivity index (χ0) is 61.9. The van der Waals surface area contributed by atoms with Crippen LogP contribution in [0.4, 0.5) is 0 Å². The zero-order valence-corrected chi connectivity index (χ0v) is 50.4. The number of nitrogens with one attached hydrogen (secondary N) is 1. The number of aliphatic carboxylic acids is 1. The van der Waals surface area contributed by atoms with Crippen LogP contribution in [0.2, 0.25) is 0 Å².